The summed E-state index contributed by atoms with van der Waals surface area (Å²) >= 11 is 0. The van der Waals surface area contributed by atoms with Gasteiger partial charge in [-0.05, 0) is 37.7 Å². The van der Waals surface area contributed by atoms with Crippen molar-refractivity contribution in [3.63, 3.8) is 0 Å². The van der Waals surface area contributed by atoms with Gasteiger partial charge in [-0.15, -0.1) is 0 Å². The maximum atomic E-state index is 5.99. The van der Waals surface area contributed by atoms with Crippen LogP contribution in [0.1, 0.15) is 61.7 Å². The zero-order chi connectivity index (χ0) is 14.3. The van der Waals surface area contributed by atoms with E-state index in [0.29, 0.717) is 5.92 Å². The van der Waals surface area contributed by atoms with Crippen molar-refractivity contribution in [1.82, 2.24) is 10.1 Å². The summed E-state index contributed by atoms with van der Waals surface area (Å²) in [5, 5.41) is 4.33. The van der Waals surface area contributed by atoms with Gasteiger partial charge in [-0.3, -0.25) is 0 Å². The van der Waals surface area contributed by atoms with Crippen LogP contribution in [-0.2, 0) is 5.41 Å². The molecule has 2 aromatic rings. The molecule has 2 atom stereocenters. The van der Waals surface area contributed by atoms with Gasteiger partial charge in [0.2, 0.25) is 5.89 Å². The molecule has 0 radical (unpaired) electrons. The summed E-state index contributed by atoms with van der Waals surface area (Å²) in [6.07, 6.45) is 6.56. The van der Waals surface area contributed by atoms with E-state index in [0.717, 1.165) is 43.8 Å². The molecule has 2 fully saturated rings. The van der Waals surface area contributed by atoms with Gasteiger partial charge in [-0.25, -0.2) is 0 Å². The number of rotatable bonds is 3. The van der Waals surface area contributed by atoms with Gasteiger partial charge in [0.25, 0.3) is 0 Å². The first kappa shape index (κ1) is 13.0. The Bertz CT molecular complexity index is 618. The van der Waals surface area contributed by atoms with Gasteiger partial charge >= 0.3 is 0 Å². The van der Waals surface area contributed by atoms with E-state index in [1.807, 2.05) is 0 Å². The molecule has 4 rings (SSSR count). The van der Waals surface area contributed by atoms with Gasteiger partial charge in [-0.2, -0.15) is 4.98 Å². The zero-order valence-electron chi connectivity index (χ0n) is 12.2. The van der Waals surface area contributed by atoms with Crippen molar-refractivity contribution >= 4 is 0 Å². The summed E-state index contributed by atoms with van der Waals surface area (Å²) in [6.45, 7) is 0. The molecular weight excluding hydrogens is 262 g/mol. The van der Waals surface area contributed by atoms with E-state index in [2.05, 4.69) is 35.5 Å². The smallest absolute Gasteiger partial charge is 0.229 e. The zero-order valence-corrected chi connectivity index (χ0v) is 12.2. The van der Waals surface area contributed by atoms with Crippen LogP contribution in [0.4, 0.5) is 0 Å². The fourth-order valence-electron chi connectivity index (χ4n) is 3.77. The maximum absolute atomic E-state index is 5.99. The first-order valence-electron chi connectivity index (χ1n) is 7.93. The average molecular weight is 283 g/mol. The Hall–Kier alpha value is -1.68. The van der Waals surface area contributed by atoms with Crippen LogP contribution in [0.2, 0.25) is 0 Å². The molecule has 110 valence electrons. The van der Waals surface area contributed by atoms with Crippen molar-refractivity contribution in [2.45, 2.75) is 55.9 Å². The number of hydrogen-bond acceptors (Lipinski definition) is 4. The highest BCUT2D eigenvalue weighted by Gasteiger charge is 2.44. The van der Waals surface area contributed by atoms with Crippen molar-refractivity contribution in [3.05, 3.63) is 47.6 Å². The number of nitrogens with two attached hydrogens (primary N) is 1. The Labute approximate surface area is 124 Å². The van der Waals surface area contributed by atoms with Crippen LogP contribution in [0, 0.1) is 0 Å². The molecule has 0 saturated heterocycles. The van der Waals surface area contributed by atoms with Crippen LogP contribution in [-0.4, -0.2) is 16.2 Å². The minimum absolute atomic E-state index is 0.0241. The Morgan fingerprint density at radius 3 is 2.57 bits per heavy atom. The molecule has 1 heterocycles. The van der Waals surface area contributed by atoms with Crippen LogP contribution >= 0.6 is 0 Å². The molecule has 2 aliphatic carbocycles. The molecular formula is C17H21N3O. The minimum atomic E-state index is -0.0241. The van der Waals surface area contributed by atoms with Crippen LogP contribution in [0.15, 0.2) is 34.9 Å². The molecule has 0 amide bonds. The van der Waals surface area contributed by atoms with Crippen molar-refractivity contribution in [1.29, 1.82) is 0 Å². The summed E-state index contributed by atoms with van der Waals surface area (Å²) in [7, 11) is 0. The van der Waals surface area contributed by atoms with Gasteiger partial charge in [-0.1, -0.05) is 41.9 Å². The summed E-state index contributed by atoms with van der Waals surface area (Å²) in [6, 6.07) is 10.9. The summed E-state index contributed by atoms with van der Waals surface area (Å²) in [5.41, 5.74) is 7.28. The summed E-state index contributed by atoms with van der Waals surface area (Å²) in [5.74, 6) is 2.02. The van der Waals surface area contributed by atoms with E-state index in [4.69, 9.17) is 15.2 Å². The average Bonchev–Trinajstić information content (AvgIpc) is 3.08. The highest BCUT2D eigenvalue weighted by atomic mass is 16.5. The third-order valence-electron chi connectivity index (χ3n) is 5.23. The second-order valence-corrected chi connectivity index (χ2v) is 6.53. The van der Waals surface area contributed by atoms with Gasteiger partial charge in [0.05, 0.1) is 5.41 Å². The monoisotopic (exact) mass is 283 g/mol. The van der Waals surface area contributed by atoms with Crippen LogP contribution in [0.5, 0.6) is 0 Å². The Kier molecular flexibility index (Phi) is 3.07. The molecule has 21 heavy (non-hydrogen) atoms. The second kappa shape index (κ2) is 4.95. The predicted molar refractivity (Wildman–Crippen MR) is 79.9 cm³/mol. The molecule has 2 unspecified atom stereocenters. The van der Waals surface area contributed by atoms with Crippen molar-refractivity contribution < 1.29 is 4.52 Å². The number of benzene rings is 1. The Morgan fingerprint density at radius 2 is 1.95 bits per heavy atom. The fourth-order valence-corrected chi connectivity index (χ4v) is 3.77. The minimum Gasteiger partial charge on any atom is -0.339 e. The first-order chi connectivity index (χ1) is 10.3. The highest BCUT2D eigenvalue weighted by Crippen LogP contribution is 2.48. The molecule has 0 aliphatic heterocycles. The Morgan fingerprint density at radius 1 is 1.14 bits per heavy atom. The third-order valence-corrected chi connectivity index (χ3v) is 5.23. The van der Waals surface area contributed by atoms with Crippen LogP contribution in [0.3, 0.4) is 0 Å². The van der Waals surface area contributed by atoms with E-state index >= 15 is 0 Å². The van der Waals surface area contributed by atoms with E-state index in [1.54, 1.807) is 0 Å². The van der Waals surface area contributed by atoms with Gasteiger partial charge in [0, 0.05) is 12.0 Å². The number of nitrogens with zero attached hydrogens (tertiary/aromatic N) is 2. The fraction of sp³-hybridized carbons (Fsp3) is 0.529. The molecule has 1 aromatic heterocycles. The molecule has 2 saturated carbocycles. The van der Waals surface area contributed by atoms with Gasteiger partial charge in [0.1, 0.15) is 0 Å². The quantitative estimate of drug-likeness (QED) is 0.940. The highest BCUT2D eigenvalue weighted by molar-refractivity contribution is 5.35. The topological polar surface area (TPSA) is 64.9 Å². The SMILES string of the molecule is NC1CCC(c2nc(C3(c4ccccc4)CCC3)no2)C1. The van der Waals surface area contributed by atoms with E-state index in [-0.39, 0.29) is 11.5 Å². The van der Waals surface area contributed by atoms with Crippen LogP contribution < -0.4 is 5.73 Å². The van der Waals surface area contributed by atoms with Crippen molar-refractivity contribution in [3.8, 4) is 0 Å². The normalized spacial score (nSPS) is 27.5. The number of aromatic nitrogens is 2. The number of hydrogen-bond donors (Lipinski definition) is 1. The maximum Gasteiger partial charge on any atom is 0.229 e. The van der Waals surface area contributed by atoms with Gasteiger partial charge in [0.15, 0.2) is 5.82 Å². The third kappa shape index (κ3) is 2.09. The van der Waals surface area contributed by atoms with E-state index < -0.39 is 0 Å². The second-order valence-electron chi connectivity index (χ2n) is 6.53. The van der Waals surface area contributed by atoms with Crippen molar-refractivity contribution in [2.75, 3.05) is 0 Å². The summed E-state index contributed by atoms with van der Waals surface area (Å²) < 4.78 is 5.58. The molecule has 1 aromatic carbocycles. The van der Waals surface area contributed by atoms with Gasteiger partial charge < -0.3 is 10.3 Å². The van der Waals surface area contributed by atoms with Crippen molar-refractivity contribution in [2.24, 2.45) is 5.73 Å². The molecule has 0 spiro atoms. The molecule has 2 aliphatic rings. The van der Waals surface area contributed by atoms with E-state index in [1.165, 1.54) is 12.0 Å². The molecule has 0 bridgehead atoms. The lowest BCUT2D eigenvalue weighted by molar-refractivity contribution is 0.269. The largest absolute Gasteiger partial charge is 0.339 e. The Balaban J connectivity index is 1.65. The first-order valence-corrected chi connectivity index (χ1v) is 7.93. The molecule has 4 nitrogen and oxygen atoms in total. The molecule has 4 heteroatoms. The lowest BCUT2D eigenvalue weighted by atomic mass is 9.64. The van der Waals surface area contributed by atoms with E-state index in [9.17, 15) is 0 Å². The van der Waals surface area contributed by atoms with Crippen LogP contribution in [0.25, 0.3) is 0 Å². The lowest BCUT2D eigenvalue weighted by Gasteiger charge is -2.39. The predicted octanol–water partition coefficient (Wildman–Crippen LogP) is 3.13. The standard InChI is InChI=1S/C17H21N3O/c18-14-8-7-12(11-14)15-19-16(20-21-15)17(9-4-10-17)13-5-2-1-3-6-13/h1-3,5-6,12,14H,4,7-11,18H2. The lowest BCUT2D eigenvalue weighted by Crippen LogP contribution is -2.36. The summed E-state index contributed by atoms with van der Waals surface area (Å²) in [4.78, 5) is 4.76. The molecule has 2 N–H and O–H groups in total.